The normalized spacial score (nSPS) is 13.2. The first-order valence-corrected chi connectivity index (χ1v) is 9.79. The molecule has 29 heavy (non-hydrogen) atoms. The zero-order chi connectivity index (χ0) is 19.1. The van der Waals surface area contributed by atoms with Gasteiger partial charge in [-0.3, -0.25) is 4.99 Å². The summed E-state index contributed by atoms with van der Waals surface area (Å²) in [5, 5.41) is 2.38. The highest BCUT2D eigenvalue weighted by Crippen LogP contribution is 2.40. The van der Waals surface area contributed by atoms with Gasteiger partial charge in [0.05, 0.1) is 11.2 Å². The molecule has 0 unspecified atom stereocenters. The van der Waals surface area contributed by atoms with Crippen LogP contribution in [-0.4, -0.2) is 18.0 Å². The fraction of sp³-hybridized carbons (Fsp3) is 0. The summed E-state index contributed by atoms with van der Waals surface area (Å²) in [5.74, 6) is 1.88. The van der Waals surface area contributed by atoms with Crippen LogP contribution in [0.5, 0.6) is 11.5 Å². The van der Waals surface area contributed by atoms with Crippen LogP contribution in [0.1, 0.15) is 0 Å². The zero-order valence-corrected chi connectivity index (χ0v) is 15.6. The molecule has 0 bridgehead atoms. The molecule has 0 saturated heterocycles. The first kappa shape index (κ1) is 15.2. The number of hydrogen-bond donors (Lipinski definition) is 0. The monoisotopic (exact) mass is 370 g/mol. The van der Waals surface area contributed by atoms with Crippen molar-refractivity contribution in [2.45, 2.75) is 0 Å². The second-order valence-corrected chi connectivity index (χ2v) is 7.67. The van der Waals surface area contributed by atoms with Crippen molar-refractivity contribution in [3.05, 3.63) is 78.9 Å². The topological polar surface area (TPSA) is 26.5 Å². The van der Waals surface area contributed by atoms with Crippen LogP contribution in [0, 0.1) is 0 Å². The Morgan fingerprint density at radius 1 is 0.793 bits per heavy atom. The van der Waals surface area contributed by atoms with Crippen molar-refractivity contribution in [2.75, 3.05) is 0 Å². The lowest BCUT2D eigenvalue weighted by atomic mass is 9.34. The second kappa shape index (κ2) is 5.18. The first-order valence-electron chi connectivity index (χ1n) is 9.79. The van der Waals surface area contributed by atoms with E-state index in [-0.39, 0.29) is 6.71 Å². The van der Waals surface area contributed by atoms with E-state index >= 15 is 0 Å². The van der Waals surface area contributed by atoms with E-state index < -0.39 is 0 Å². The standard InChI is InChI=1S/C25H15BN2O/c1-27-18-10-5-11-19-23(18)15-7-4-9-17-25(15)28(19)20-12-6-14-22-24(20)26(17)16-8-2-3-13-21(16)29-22/h2-14H,1H2. The molecule has 2 aliphatic rings. The van der Waals surface area contributed by atoms with E-state index in [2.05, 4.69) is 83.0 Å². The Bertz CT molecular complexity index is 1510. The maximum absolute atomic E-state index is 6.33. The largest absolute Gasteiger partial charge is 0.458 e. The molecular weight excluding hydrogens is 355 g/mol. The molecule has 134 valence electrons. The predicted molar refractivity (Wildman–Crippen MR) is 121 cm³/mol. The number of hydrogen-bond acceptors (Lipinski definition) is 2. The molecule has 0 saturated carbocycles. The number of nitrogens with zero attached hydrogens (tertiary/aromatic N) is 2. The van der Waals surface area contributed by atoms with Gasteiger partial charge >= 0.3 is 0 Å². The third-order valence-electron chi connectivity index (χ3n) is 6.33. The van der Waals surface area contributed by atoms with Crippen LogP contribution in [0.3, 0.4) is 0 Å². The average molecular weight is 370 g/mol. The summed E-state index contributed by atoms with van der Waals surface area (Å²) >= 11 is 0. The summed E-state index contributed by atoms with van der Waals surface area (Å²) in [6, 6.07) is 27.6. The lowest BCUT2D eigenvalue weighted by Gasteiger charge is -2.33. The molecule has 0 spiro atoms. The van der Waals surface area contributed by atoms with E-state index in [0.717, 1.165) is 28.1 Å². The minimum atomic E-state index is 0.159. The Hall–Kier alpha value is -3.79. The number of ether oxygens (including phenoxy) is 1. The van der Waals surface area contributed by atoms with Crippen LogP contribution >= 0.6 is 0 Å². The van der Waals surface area contributed by atoms with E-state index in [1.807, 2.05) is 12.1 Å². The molecule has 4 heteroatoms. The minimum absolute atomic E-state index is 0.159. The maximum Gasteiger partial charge on any atom is 0.256 e. The van der Waals surface area contributed by atoms with Gasteiger partial charge in [-0.05, 0) is 53.4 Å². The maximum atomic E-state index is 6.33. The molecule has 0 radical (unpaired) electrons. The molecule has 4 aromatic carbocycles. The molecule has 1 aromatic heterocycles. The number of para-hydroxylation sites is 2. The van der Waals surface area contributed by atoms with Crippen LogP contribution < -0.4 is 21.1 Å². The number of aromatic nitrogens is 1. The zero-order valence-electron chi connectivity index (χ0n) is 15.6. The Morgan fingerprint density at radius 3 is 2.52 bits per heavy atom. The van der Waals surface area contributed by atoms with E-state index in [1.165, 1.54) is 33.0 Å². The molecule has 5 aromatic rings. The number of benzene rings is 4. The molecule has 0 amide bonds. The van der Waals surface area contributed by atoms with Crippen LogP contribution in [0.4, 0.5) is 5.69 Å². The van der Waals surface area contributed by atoms with Gasteiger partial charge in [0.25, 0.3) is 6.71 Å². The van der Waals surface area contributed by atoms with Gasteiger partial charge < -0.3 is 9.30 Å². The van der Waals surface area contributed by atoms with Crippen molar-refractivity contribution >= 4 is 57.3 Å². The summed E-state index contributed by atoms with van der Waals surface area (Å²) in [6.07, 6.45) is 0. The van der Waals surface area contributed by atoms with E-state index in [4.69, 9.17) is 4.74 Å². The third kappa shape index (κ3) is 1.73. The molecule has 0 atom stereocenters. The summed E-state index contributed by atoms with van der Waals surface area (Å²) < 4.78 is 8.70. The highest BCUT2D eigenvalue weighted by molar-refractivity contribution is 6.99. The highest BCUT2D eigenvalue weighted by atomic mass is 16.5. The fourth-order valence-corrected chi connectivity index (χ4v) is 5.25. The Kier molecular flexibility index (Phi) is 2.71. The fourth-order valence-electron chi connectivity index (χ4n) is 5.25. The van der Waals surface area contributed by atoms with Crippen LogP contribution in [0.15, 0.2) is 83.9 Å². The lowest BCUT2D eigenvalue weighted by molar-refractivity contribution is 0.487. The SMILES string of the molecule is C=Nc1cccc2c1c1cccc3c1n2-c1cccc2c1B3c1ccccc1O2. The van der Waals surface area contributed by atoms with E-state index in [1.54, 1.807) is 0 Å². The second-order valence-electron chi connectivity index (χ2n) is 7.67. The number of aliphatic imine (C=N–C) groups is 1. The van der Waals surface area contributed by atoms with Gasteiger partial charge in [-0.15, -0.1) is 0 Å². The summed E-state index contributed by atoms with van der Waals surface area (Å²) in [7, 11) is 0. The molecular formula is C25H15BN2O. The van der Waals surface area contributed by atoms with Crippen molar-refractivity contribution < 1.29 is 4.74 Å². The average Bonchev–Trinajstić information content (AvgIpc) is 3.12. The van der Waals surface area contributed by atoms with Gasteiger partial charge in [0.2, 0.25) is 0 Å². The van der Waals surface area contributed by atoms with E-state index in [0.29, 0.717) is 0 Å². The van der Waals surface area contributed by atoms with Gasteiger partial charge in [0.1, 0.15) is 11.5 Å². The summed E-state index contributed by atoms with van der Waals surface area (Å²) in [4.78, 5) is 4.32. The quantitative estimate of drug-likeness (QED) is 0.316. The van der Waals surface area contributed by atoms with E-state index in [9.17, 15) is 0 Å². The lowest BCUT2D eigenvalue weighted by Crippen LogP contribution is -2.58. The molecule has 7 rings (SSSR count). The van der Waals surface area contributed by atoms with Gasteiger partial charge in [-0.25, -0.2) is 0 Å². The van der Waals surface area contributed by atoms with Crippen LogP contribution in [-0.2, 0) is 0 Å². The van der Waals surface area contributed by atoms with Crippen molar-refractivity contribution in [3.63, 3.8) is 0 Å². The van der Waals surface area contributed by atoms with Crippen molar-refractivity contribution in [1.29, 1.82) is 0 Å². The van der Waals surface area contributed by atoms with Crippen molar-refractivity contribution in [2.24, 2.45) is 4.99 Å². The van der Waals surface area contributed by atoms with Gasteiger partial charge in [-0.2, -0.15) is 0 Å². The number of rotatable bonds is 1. The van der Waals surface area contributed by atoms with Crippen LogP contribution in [0.25, 0.3) is 27.5 Å². The summed E-state index contributed by atoms with van der Waals surface area (Å²) in [6.45, 7) is 3.97. The molecule has 0 N–H and O–H groups in total. The van der Waals surface area contributed by atoms with Gasteiger partial charge in [0, 0.05) is 22.0 Å². The predicted octanol–water partition coefficient (Wildman–Crippen LogP) is 4.05. The molecule has 3 nitrogen and oxygen atoms in total. The molecule has 0 fully saturated rings. The van der Waals surface area contributed by atoms with Crippen molar-refractivity contribution in [3.8, 4) is 17.2 Å². The van der Waals surface area contributed by atoms with Gasteiger partial charge in [0.15, 0.2) is 0 Å². The smallest absolute Gasteiger partial charge is 0.256 e. The van der Waals surface area contributed by atoms with Crippen molar-refractivity contribution in [1.82, 2.24) is 4.57 Å². The first-order chi connectivity index (χ1) is 14.4. The Balaban J connectivity index is 1.75. The van der Waals surface area contributed by atoms with Crippen LogP contribution in [0.2, 0.25) is 0 Å². The molecule has 0 aliphatic carbocycles. The third-order valence-corrected chi connectivity index (χ3v) is 6.33. The minimum Gasteiger partial charge on any atom is -0.458 e. The molecule has 3 heterocycles. The van der Waals surface area contributed by atoms with Gasteiger partial charge in [-0.1, -0.05) is 48.5 Å². The molecule has 2 aliphatic heterocycles. The summed E-state index contributed by atoms with van der Waals surface area (Å²) in [5.41, 5.74) is 8.28. The number of fused-ring (bicyclic) bond motifs is 7. The Morgan fingerprint density at radius 2 is 1.59 bits per heavy atom. The Labute approximate surface area is 168 Å². The highest BCUT2D eigenvalue weighted by Gasteiger charge is 2.39.